The molecule has 0 aliphatic carbocycles. The number of rotatable bonds is 6. The van der Waals surface area contributed by atoms with Gasteiger partial charge in [-0.25, -0.2) is 0 Å². The standard InChI is InChI=1S/C10H16N2O2/c1-3-5-7-10(6-4-2,8(11)13)9(12)14/h3-5H,2,6-7H2,1H3,(H2,11,13)(H2,12,14). The van der Waals surface area contributed by atoms with E-state index in [-0.39, 0.29) is 12.8 Å². The van der Waals surface area contributed by atoms with Crippen molar-refractivity contribution in [2.45, 2.75) is 19.8 Å². The van der Waals surface area contributed by atoms with Crippen LogP contribution in [0.5, 0.6) is 0 Å². The molecule has 0 atom stereocenters. The van der Waals surface area contributed by atoms with Crippen molar-refractivity contribution in [3.8, 4) is 0 Å². The van der Waals surface area contributed by atoms with Crippen molar-refractivity contribution in [1.29, 1.82) is 0 Å². The molecule has 0 aliphatic heterocycles. The molecule has 0 saturated carbocycles. The fraction of sp³-hybridized carbons (Fsp3) is 0.400. The van der Waals surface area contributed by atoms with Crippen molar-refractivity contribution in [2.24, 2.45) is 16.9 Å². The van der Waals surface area contributed by atoms with Crippen LogP contribution >= 0.6 is 0 Å². The Balaban J connectivity index is 5.03. The third-order valence-corrected chi connectivity index (χ3v) is 2.14. The van der Waals surface area contributed by atoms with Crippen molar-refractivity contribution in [3.05, 3.63) is 24.8 Å². The van der Waals surface area contributed by atoms with E-state index in [1.807, 2.05) is 0 Å². The number of primary amides is 2. The number of carbonyl (C=O) groups is 2. The summed E-state index contributed by atoms with van der Waals surface area (Å²) in [7, 11) is 0. The molecule has 0 aromatic rings. The lowest BCUT2D eigenvalue weighted by molar-refractivity contribution is -0.139. The number of hydrogen-bond acceptors (Lipinski definition) is 2. The molecule has 4 heteroatoms. The van der Waals surface area contributed by atoms with Crippen LogP contribution in [0.1, 0.15) is 19.8 Å². The first-order valence-electron chi connectivity index (χ1n) is 4.33. The molecule has 78 valence electrons. The summed E-state index contributed by atoms with van der Waals surface area (Å²) in [4.78, 5) is 22.4. The predicted molar refractivity (Wildman–Crippen MR) is 55.1 cm³/mol. The Labute approximate surface area is 83.6 Å². The number of nitrogens with two attached hydrogens (primary N) is 2. The van der Waals surface area contributed by atoms with Crippen LogP contribution in [0.25, 0.3) is 0 Å². The Bertz CT molecular complexity index is 255. The molecule has 0 fully saturated rings. The molecule has 4 nitrogen and oxygen atoms in total. The molecule has 0 saturated heterocycles. The molecule has 0 heterocycles. The maximum atomic E-state index is 11.2. The molecule has 0 rings (SSSR count). The second-order valence-corrected chi connectivity index (χ2v) is 3.08. The maximum Gasteiger partial charge on any atom is 0.233 e. The van der Waals surface area contributed by atoms with Crippen molar-refractivity contribution < 1.29 is 9.59 Å². The van der Waals surface area contributed by atoms with Crippen LogP contribution in [0.2, 0.25) is 0 Å². The zero-order valence-corrected chi connectivity index (χ0v) is 8.32. The van der Waals surface area contributed by atoms with Crippen LogP contribution in [0, 0.1) is 5.41 Å². The highest BCUT2D eigenvalue weighted by Gasteiger charge is 2.40. The molecule has 0 aromatic heterocycles. The molecule has 0 spiro atoms. The second-order valence-electron chi connectivity index (χ2n) is 3.08. The smallest absolute Gasteiger partial charge is 0.233 e. The Morgan fingerprint density at radius 1 is 1.29 bits per heavy atom. The van der Waals surface area contributed by atoms with E-state index in [0.29, 0.717) is 0 Å². The first kappa shape index (κ1) is 12.4. The van der Waals surface area contributed by atoms with Gasteiger partial charge in [-0.1, -0.05) is 18.2 Å². The molecule has 0 unspecified atom stereocenters. The van der Waals surface area contributed by atoms with Crippen molar-refractivity contribution in [3.63, 3.8) is 0 Å². The molecule has 14 heavy (non-hydrogen) atoms. The third-order valence-electron chi connectivity index (χ3n) is 2.14. The normalized spacial score (nSPS) is 11.5. The van der Waals surface area contributed by atoms with E-state index < -0.39 is 17.2 Å². The van der Waals surface area contributed by atoms with E-state index in [4.69, 9.17) is 11.5 Å². The highest BCUT2D eigenvalue weighted by atomic mass is 16.2. The molecule has 0 radical (unpaired) electrons. The highest BCUT2D eigenvalue weighted by molar-refractivity contribution is 6.04. The van der Waals surface area contributed by atoms with Gasteiger partial charge in [0.25, 0.3) is 0 Å². The maximum absolute atomic E-state index is 11.2. The van der Waals surface area contributed by atoms with Gasteiger partial charge in [-0.3, -0.25) is 9.59 Å². The van der Waals surface area contributed by atoms with E-state index in [9.17, 15) is 9.59 Å². The van der Waals surface area contributed by atoms with E-state index >= 15 is 0 Å². The van der Waals surface area contributed by atoms with Crippen LogP contribution in [0.3, 0.4) is 0 Å². The predicted octanol–water partition coefficient (Wildman–Crippen LogP) is 0.486. The average molecular weight is 196 g/mol. The van der Waals surface area contributed by atoms with Gasteiger partial charge in [0.05, 0.1) is 0 Å². The van der Waals surface area contributed by atoms with Gasteiger partial charge in [-0.15, -0.1) is 6.58 Å². The van der Waals surface area contributed by atoms with Gasteiger partial charge < -0.3 is 11.5 Å². The molecule has 0 bridgehead atoms. The quantitative estimate of drug-likeness (QED) is 0.478. The minimum atomic E-state index is -1.33. The lowest BCUT2D eigenvalue weighted by Gasteiger charge is -2.24. The Kier molecular flexibility index (Phi) is 4.63. The molecule has 0 aromatic carbocycles. The number of allylic oxidation sites excluding steroid dienone is 3. The summed E-state index contributed by atoms with van der Waals surface area (Å²) in [5.74, 6) is -1.41. The van der Waals surface area contributed by atoms with Crippen LogP contribution in [-0.2, 0) is 9.59 Å². The van der Waals surface area contributed by atoms with E-state index in [1.54, 1.807) is 19.1 Å². The zero-order valence-electron chi connectivity index (χ0n) is 8.32. The van der Waals surface area contributed by atoms with Gasteiger partial charge >= 0.3 is 0 Å². The average Bonchev–Trinajstić information content (AvgIpc) is 2.11. The van der Waals surface area contributed by atoms with Crippen LogP contribution in [0.4, 0.5) is 0 Å². The number of carbonyl (C=O) groups excluding carboxylic acids is 2. The second kappa shape index (κ2) is 5.21. The van der Waals surface area contributed by atoms with Crippen molar-refractivity contribution >= 4 is 11.8 Å². The van der Waals surface area contributed by atoms with Crippen molar-refractivity contribution in [1.82, 2.24) is 0 Å². The molecule has 4 N–H and O–H groups in total. The van der Waals surface area contributed by atoms with E-state index in [1.165, 1.54) is 6.08 Å². The first-order valence-corrected chi connectivity index (χ1v) is 4.33. The third kappa shape index (κ3) is 2.45. The lowest BCUT2D eigenvalue weighted by Crippen LogP contribution is -2.47. The lowest BCUT2D eigenvalue weighted by atomic mass is 9.79. The number of amides is 2. The van der Waals surface area contributed by atoms with Crippen LogP contribution in [-0.4, -0.2) is 11.8 Å². The van der Waals surface area contributed by atoms with E-state index in [0.717, 1.165) is 0 Å². The van der Waals surface area contributed by atoms with Gasteiger partial charge in [-0.05, 0) is 19.8 Å². The SMILES string of the molecule is C=CCC(CC=CC)(C(N)=O)C(N)=O. The summed E-state index contributed by atoms with van der Waals surface area (Å²) in [5, 5.41) is 0. The molecule has 0 aliphatic rings. The van der Waals surface area contributed by atoms with Crippen molar-refractivity contribution in [2.75, 3.05) is 0 Å². The highest BCUT2D eigenvalue weighted by Crippen LogP contribution is 2.27. The monoisotopic (exact) mass is 196 g/mol. The summed E-state index contributed by atoms with van der Waals surface area (Å²) in [6.45, 7) is 5.27. The topological polar surface area (TPSA) is 86.2 Å². The van der Waals surface area contributed by atoms with Crippen LogP contribution < -0.4 is 11.5 Å². The van der Waals surface area contributed by atoms with Gasteiger partial charge in [0.2, 0.25) is 11.8 Å². The minimum Gasteiger partial charge on any atom is -0.369 e. The Morgan fingerprint density at radius 2 is 1.79 bits per heavy atom. The summed E-state index contributed by atoms with van der Waals surface area (Å²) >= 11 is 0. The Hall–Kier alpha value is -1.58. The zero-order chi connectivity index (χ0) is 11.2. The van der Waals surface area contributed by atoms with Gasteiger partial charge in [0.15, 0.2) is 0 Å². The first-order chi connectivity index (χ1) is 6.51. The summed E-state index contributed by atoms with van der Waals surface area (Å²) in [6, 6.07) is 0. The molecule has 2 amide bonds. The fourth-order valence-corrected chi connectivity index (χ4v) is 1.17. The molecular weight excluding hydrogens is 180 g/mol. The van der Waals surface area contributed by atoms with Gasteiger partial charge in [0, 0.05) is 0 Å². The summed E-state index contributed by atoms with van der Waals surface area (Å²) in [6.07, 6.45) is 5.30. The Morgan fingerprint density at radius 3 is 2.07 bits per heavy atom. The van der Waals surface area contributed by atoms with Crippen LogP contribution in [0.15, 0.2) is 24.8 Å². The molecular formula is C10H16N2O2. The van der Waals surface area contributed by atoms with Gasteiger partial charge in [-0.2, -0.15) is 0 Å². The number of hydrogen-bond donors (Lipinski definition) is 2. The van der Waals surface area contributed by atoms with Gasteiger partial charge in [0.1, 0.15) is 5.41 Å². The van der Waals surface area contributed by atoms with E-state index in [2.05, 4.69) is 6.58 Å². The summed E-state index contributed by atoms with van der Waals surface area (Å²) < 4.78 is 0. The fourth-order valence-electron chi connectivity index (χ4n) is 1.17. The largest absolute Gasteiger partial charge is 0.369 e. The minimum absolute atomic E-state index is 0.169. The summed E-state index contributed by atoms with van der Waals surface area (Å²) in [5.41, 5.74) is 9.03.